The third-order valence-electron chi connectivity index (χ3n) is 8.32. The van der Waals surface area contributed by atoms with E-state index in [-0.39, 0.29) is 29.6 Å². The van der Waals surface area contributed by atoms with Gasteiger partial charge in [-0.15, -0.1) is 11.8 Å². The first-order chi connectivity index (χ1) is 18.5. The number of piperidine rings is 1. The van der Waals surface area contributed by atoms with E-state index in [1.807, 2.05) is 23.9 Å². The number of nitrogens with one attached hydrogen (secondary N) is 1. The molecule has 0 bridgehead atoms. The summed E-state index contributed by atoms with van der Waals surface area (Å²) in [5.74, 6) is 0.306. The number of unbranched alkanes of at least 4 members (excludes halogenated alkanes) is 5. The molecule has 5 rings (SSSR count). The fraction of sp³-hybridized carbons (Fsp3) is 0.516. The van der Waals surface area contributed by atoms with Gasteiger partial charge in [0.05, 0.1) is 13.2 Å². The highest BCUT2D eigenvalue weighted by Gasteiger charge is 2.41. The second-order valence-corrected chi connectivity index (χ2v) is 12.1. The molecule has 2 aromatic carbocycles. The number of imide groups is 1. The van der Waals surface area contributed by atoms with Crippen LogP contribution in [0.25, 0.3) is 0 Å². The van der Waals surface area contributed by atoms with Crippen LogP contribution >= 0.6 is 11.8 Å². The van der Waals surface area contributed by atoms with E-state index in [9.17, 15) is 14.4 Å². The maximum absolute atomic E-state index is 13.0. The second kappa shape index (κ2) is 12.0. The molecule has 1 unspecified atom stereocenters. The molecule has 0 aliphatic carbocycles. The van der Waals surface area contributed by atoms with E-state index in [4.69, 9.17) is 4.74 Å². The molecule has 7 heteroatoms. The van der Waals surface area contributed by atoms with Crippen molar-refractivity contribution in [1.29, 1.82) is 0 Å². The lowest BCUT2D eigenvalue weighted by Crippen LogP contribution is -2.52. The van der Waals surface area contributed by atoms with Crippen LogP contribution in [0.4, 0.5) is 0 Å². The number of thioether (sulfide) groups is 1. The molecular formula is C31H38N2O4S. The molecule has 2 saturated heterocycles. The summed E-state index contributed by atoms with van der Waals surface area (Å²) < 4.78 is 5.63. The zero-order valence-corrected chi connectivity index (χ0v) is 23.1. The number of fused-ring (bicyclic) bond motifs is 1. The van der Waals surface area contributed by atoms with Crippen LogP contribution in [0.2, 0.25) is 0 Å². The van der Waals surface area contributed by atoms with Crippen LogP contribution in [0.3, 0.4) is 0 Å². The molecule has 0 radical (unpaired) electrons. The summed E-state index contributed by atoms with van der Waals surface area (Å²) in [4.78, 5) is 39.6. The molecule has 6 nitrogen and oxygen atoms in total. The lowest BCUT2D eigenvalue weighted by molar-refractivity contribution is -0.136. The number of aryl methyl sites for hydroxylation is 1. The third-order valence-corrected chi connectivity index (χ3v) is 9.51. The van der Waals surface area contributed by atoms with Crippen LogP contribution in [0.1, 0.15) is 84.8 Å². The van der Waals surface area contributed by atoms with Crippen molar-refractivity contribution in [2.24, 2.45) is 0 Å². The van der Waals surface area contributed by atoms with E-state index in [2.05, 4.69) is 42.6 Å². The predicted molar refractivity (Wildman–Crippen MR) is 149 cm³/mol. The molecule has 1 N–H and O–H groups in total. The summed E-state index contributed by atoms with van der Waals surface area (Å²) in [5.41, 5.74) is 4.80. The topological polar surface area (TPSA) is 75.7 Å². The molecule has 0 spiro atoms. The van der Waals surface area contributed by atoms with Crippen LogP contribution in [0.5, 0.6) is 0 Å². The third kappa shape index (κ3) is 5.69. The average molecular weight is 535 g/mol. The van der Waals surface area contributed by atoms with Gasteiger partial charge in [-0.05, 0) is 60.8 Å². The van der Waals surface area contributed by atoms with Crippen LogP contribution in [0, 0.1) is 6.92 Å². The molecule has 3 amide bonds. The molecule has 0 saturated carbocycles. The molecule has 0 aromatic heterocycles. The van der Waals surface area contributed by atoms with Gasteiger partial charge >= 0.3 is 0 Å². The van der Waals surface area contributed by atoms with Gasteiger partial charge in [0.25, 0.3) is 5.91 Å². The lowest BCUT2D eigenvalue weighted by atomic mass is 9.73. The summed E-state index contributed by atoms with van der Waals surface area (Å²) in [5, 5.41) is 2.37. The maximum atomic E-state index is 13.0. The smallest absolute Gasteiger partial charge is 0.255 e. The second-order valence-electron chi connectivity index (χ2n) is 11.0. The Hall–Kier alpha value is -2.64. The number of hydrogen-bond acceptors (Lipinski definition) is 5. The Balaban J connectivity index is 1.02. The van der Waals surface area contributed by atoms with E-state index in [0.717, 1.165) is 35.8 Å². The summed E-state index contributed by atoms with van der Waals surface area (Å²) in [7, 11) is 0. The zero-order valence-electron chi connectivity index (χ0n) is 22.3. The van der Waals surface area contributed by atoms with Crippen LogP contribution < -0.4 is 5.32 Å². The summed E-state index contributed by atoms with van der Waals surface area (Å²) in [6.07, 6.45) is 9.30. The minimum absolute atomic E-state index is 0.102. The standard InChI is InChI=1S/C31H38N2O4S/c1-22-11-6-7-13-25(22)31(20-37-21-31)17-8-4-2-3-5-9-18-38-27-14-10-12-23-24(27)19-33(30(23)36)26-15-16-28(34)32-29(26)35/h6-7,10-14,26H,2-5,8-9,15-21H2,1H3,(H,32,34,35). The van der Waals surface area contributed by atoms with Crippen molar-refractivity contribution in [3.63, 3.8) is 0 Å². The van der Waals surface area contributed by atoms with Gasteiger partial charge < -0.3 is 9.64 Å². The first-order valence-electron chi connectivity index (χ1n) is 14.0. The average Bonchev–Trinajstić information content (AvgIpc) is 3.22. The minimum Gasteiger partial charge on any atom is -0.379 e. The predicted octanol–water partition coefficient (Wildman–Crippen LogP) is 5.55. The first kappa shape index (κ1) is 26.9. The highest BCUT2D eigenvalue weighted by Crippen LogP contribution is 2.39. The number of amides is 3. The normalized spacial score (nSPS) is 20.3. The van der Waals surface area contributed by atoms with Gasteiger partial charge in [0.15, 0.2) is 0 Å². The van der Waals surface area contributed by atoms with Gasteiger partial charge in [0, 0.05) is 28.8 Å². The molecule has 202 valence electrons. The van der Waals surface area contributed by atoms with E-state index in [1.54, 1.807) is 4.90 Å². The number of nitrogens with zero attached hydrogens (tertiary/aromatic N) is 1. The zero-order chi connectivity index (χ0) is 26.5. The molecule has 38 heavy (non-hydrogen) atoms. The molecule has 1 atom stereocenters. The molecule has 2 fully saturated rings. The van der Waals surface area contributed by atoms with Crippen LogP contribution in [-0.2, 0) is 26.3 Å². The van der Waals surface area contributed by atoms with Crippen LogP contribution in [-0.4, -0.2) is 47.6 Å². The Labute approximate surface area is 229 Å². The van der Waals surface area contributed by atoms with Crippen molar-refractivity contribution < 1.29 is 19.1 Å². The SMILES string of the molecule is Cc1ccccc1C1(CCCCCCCCSc2cccc3c2CN(C2CCC(=O)NC2=O)C3=O)COC1. The van der Waals surface area contributed by atoms with Crippen molar-refractivity contribution in [2.75, 3.05) is 19.0 Å². The Bertz CT molecular complexity index is 1190. The lowest BCUT2D eigenvalue weighted by Gasteiger charge is -2.43. The largest absolute Gasteiger partial charge is 0.379 e. The summed E-state index contributed by atoms with van der Waals surface area (Å²) >= 11 is 1.81. The molecule has 3 aliphatic rings. The van der Waals surface area contributed by atoms with Crippen molar-refractivity contribution in [3.05, 3.63) is 64.7 Å². The number of rotatable bonds is 12. The van der Waals surface area contributed by atoms with E-state index in [1.165, 1.54) is 49.7 Å². The number of hydrogen-bond donors (Lipinski definition) is 1. The number of benzene rings is 2. The van der Waals surface area contributed by atoms with Crippen LogP contribution in [0.15, 0.2) is 47.4 Å². The molecule has 3 aliphatic heterocycles. The molecular weight excluding hydrogens is 496 g/mol. The number of carbonyl (C=O) groups excluding carboxylic acids is 3. The van der Waals surface area contributed by atoms with Crippen molar-refractivity contribution in [3.8, 4) is 0 Å². The van der Waals surface area contributed by atoms with Gasteiger partial charge in [0.2, 0.25) is 11.8 Å². The number of carbonyl (C=O) groups is 3. The Morgan fingerprint density at radius 3 is 2.47 bits per heavy atom. The maximum Gasteiger partial charge on any atom is 0.255 e. The van der Waals surface area contributed by atoms with Crippen molar-refractivity contribution in [2.45, 2.75) is 87.6 Å². The summed E-state index contributed by atoms with van der Waals surface area (Å²) in [6.45, 7) is 4.37. The highest BCUT2D eigenvalue weighted by molar-refractivity contribution is 7.99. The Kier molecular flexibility index (Phi) is 8.54. The first-order valence-corrected chi connectivity index (χ1v) is 15.0. The fourth-order valence-electron chi connectivity index (χ4n) is 6.10. The molecule has 3 heterocycles. The van der Waals surface area contributed by atoms with Crippen molar-refractivity contribution in [1.82, 2.24) is 10.2 Å². The highest BCUT2D eigenvalue weighted by atomic mass is 32.2. The van der Waals surface area contributed by atoms with Gasteiger partial charge in [-0.25, -0.2) is 0 Å². The van der Waals surface area contributed by atoms with Gasteiger partial charge in [0.1, 0.15) is 6.04 Å². The fourth-order valence-corrected chi connectivity index (χ4v) is 7.19. The van der Waals surface area contributed by atoms with Gasteiger partial charge in [-0.3, -0.25) is 19.7 Å². The Morgan fingerprint density at radius 1 is 0.974 bits per heavy atom. The molecule has 2 aromatic rings. The summed E-state index contributed by atoms with van der Waals surface area (Å²) in [6, 6.07) is 14.1. The van der Waals surface area contributed by atoms with E-state index >= 15 is 0 Å². The Morgan fingerprint density at radius 2 is 1.74 bits per heavy atom. The van der Waals surface area contributed by atoms with Gasteiger partial charge in [-0.2, -0.15) is 0 Å². The van der Waals surface area contributed by atoms with Gasteiger partial charge in [-0.1, -0.05) is 62.4 Å². The van der Waals surface area contributed by atoms with Crippen molar-refractivity contribution >= 4 is 29.5 Å². The quantitative estimate of drug-likeness (QED) is 0.220. The van der Waals surface area contributed by atoms with E-state index in [0.29, 0.717) is 18.5 Å². The monoisotopic (exact) mass is 534 g/mol. The number of ether oxygens (including phenoxy) is 1. The minimum atomic E-state index is -0.561. The van der Waals surface area contributed by atoms with E-state index < -0.39 is 6.04 Å².